The molecule has 1 aliphatic rings. The molecule has 0 aliphatic carbocycles. The van der Waals surface area contributed by atoms with Gasteiger partial charge in [-0.05, 0) is 19.3 Å². The second-order valence-electron chi connectivity index (χ2n) is 4.88. The molecule has 1 unspecified atom stereocenters. The topological polar surface area (TPSA) is 55.8 Å². The first-order valence-electron chi connectivity index (χ1n) is 7.36. The molecule has 5 nitrogen and oxygen atoms in total. The Hall–Kier alpha value is -0.970. The fourth-order valence-electron chi connectivity index (χ4n) is 2.24. The van der Waals surface area contributed by atoms with E-state index in [0.717, 1.165) is 32.1 Å². The summed E-state index contributed by atoms with van der Waals surface area (Å²) < 4.78 is 10.2. The largest absolute Gasteiger partial charge is 0.464 e. The van der Waals surface area contributed by atoms with E-state index < -0.39 is 12.1 Å². The molecule has 1 aliphatic heterocycles. The monoisotopic (exact) mass is 305 g/mol. The number of ether oxygens (including phenoxy) is 2. The number of hydrogen-bond donors (Lipinski definition) is 0. The smallest absolute Gasteiger partial charge is 0.410 e. The number of amides is 1. The fourth-order valence-corrected chi connectivity index (χ4v) is 2.31. The Morgan fingerprint density at radius 3 is 2.70 bits per heavy atom. The van der Waals surface area contributed by atoms with Gasteiger partial charge in [0.05, 0.1) is 12.5 Å². The molecule has 0 aromatic rings. The van der Waals surface area contributed by atoms with Gasteiger partial charge in [0.1, 0.15) is 12.6 Å². The molecule has 1 rings (SSSR count). The maximum atomic E-state index is 12.0. The third-order valence-corrected chi connectivity index (χ3v) is 3.46. The van der Waals surface area contributed by atoms with Crippen molar-refractivity contribution in [2.45, 2.75) is 51.5 Å². The Bertz CT molecular complexity index is 312. The van der Waals surface area contributed by atoms with Crippen molar-refractivity contribution in [2.24, 2.45) is 0 Å². The van der Waals surface area contributed by atoms with Gasteiger partial charge in [-0.15, -0.1) is 11.6 Å². The lowest BCUT2D eigenvalue weighted by Crippen LogP contribution is -2.42. The van der Waals surface area contributed by atoms with E-state index >= 15 is 0 Å². The average molecular weight is 306 g/mol. The van der Waals surface area contributed by atoms with Gasteiger partial charge in [-0.25, -0.2) is 9.59 Å². The molecule has 0 aromatic carbocycles. The van der Waals surface area contributed by atoms with Crippen LogP contribution in [0.2, 0.25) is 0 Å². The Kier molecular flexibility index (Phi) is 8.42. The number of alkyl halides is 1. The van der Waals surface area contributed by atoms with Crippen molar-refractivity contribution < 1.29 is 19.1 Å². The molecule has 20 heavy (non-hydrogen) atoms. The zero-order valence-electron chi connectivity index (χ0n) is 12.1. The van der Waals surface area contributed by atoms with Gasteiger partial charge in [-0.3, -0.25) is 4.90 Å². The number of carbonyl (C=O) groups excluding carboxylic acids is 2. The lowest BCUT2D eigenvalue weighted by molar-refractivity contribution is -0.148. The van der Waals surface area contributed by atoms with Crippen LogP contribution >= 0.6 is 11.6 Å². The fraction of sp³-hybridized carbons (Fsp3) is 0.857. The molecule has 0 saturated carbocycles. The van der Waals surface area contributed by atoms with Crippen LogP contribution in [-0.4, -0.2) is 48.6 Å². The Morgan fingerprint density at radius 1 is 1.20 bits per heavy atom. The average Bonchev–Trinajstić information content (AvgIpc) is 2.93. The van der Waals surface area contributed by atoms with Gasteiger partial charge in [0.2, 0.25) is 0 Å². The highest BCUT2D eigenvalue weighted by Gasteiger charge is 2.36. The van der Waals surface area contributed by atoms with E-state index in [-0.39, 0.29) is 18.5 Å². The maximum Gasteiger partial charge on any atom is 0.410 e. The number of rotatable bonds is 8. The Labute approximate surface area is 125 Å². The van der Waals surface area contributed by atoms with Crippen molar-refractivity contribution in [1.29, 1.82) is 0 Å². The standard InChI is InChI=1S/C14H24ClNO4/c1-2-3-4-5-10-19-13(17)12-7-6-9-16(12)14(18)20-11-8-15/h12H,2-11H2,1H3. The molecule has 0 spiro atoms. The first-order chi connectivity index (χ1) is 9.70. The van der Waals surface area contributed by atoms with Gasteiger partial charge in [0, 0.05) is 6.54 Å². The van der Waals surface area contributed by atoms with Crippen LogP contribution in [0.3, 0.4) is 0 Å². The Morgan fingerprint density at radius 2 is 2.00 bits per heavy atom. The SMILES string of the molecule is CCCCCCOC(=O)C1CCCN1C(=O)OCCCl. The van der Waals surface area contributed by atoms with Crippen molar-refractivity contribution in [3.63, 3.8) is 0 Å². The van der Waals surface area contributed by atoms with E-state index in [1.807, 2.05) is 0 Å². The van der Waals surface area contributed by atoms with E-state index in [4.69, 9.17) is 21.1 Å². The minimum atomic E-state index is -0.496. The van der Waals surface area contributed by atoms with Crippen LogP contribution in [0.15, 0.2) is 0 Å². The summed E-state index contributed by atoms with van der Waals surface area (Å²) in [5.41, 5.74) is 0. The van der Waals surface area contributed by atoms with Crippen LogP contribution in [0, 0.1) is 0 Å². The molecular weight excluding hydrogens is 282 g/mol. The van der Waals surface area contributed by atoms with Gasteiger partial charge >= 0.3 is 12.1 Å². The van der Waals surface area contributed by atoms with Crippen molar-refractivity contribution in [1.82, 2.24) is 4.90 Å². The summed E-state index contributed by atoms with van der Waals surface area (Å²) in [4.78, 5) is 25.2. The molecule has 0 bridgehead atoms. The van der Waals surface area contributed by atoms with E-state index in [1.165, 1.54) is 4.90 Å². The van der Waals surface area contributed by atoms with Crippen molar-refractivity contribution in [2.75, 3.05) is 25.6 Å². The predicted molar refractivity (Wildman–Crippen MR) is 76.9 cm³/mol. The van der Waals surface area contributed by atoms with Crippen LogP contribution in [-0.2, 0) is 14.3 Å². The second kappa shape index (κ2) is 9.86. The summed E-state index contributed by atoms with van der Waals surface area (Å²) in [6.07, 6.45) is 5.21. The number of esters is 1. The minimum absolute atomic E-state index is 0.162. The van der Waals surface area contributed by atoms with E-state index in [1.54, 1.807) is 0 Å². The van der Waals surface area contributed by atoms with Crippen LogP contribution in [0.1, 0.15) is 45.4 Å². The number of nitrogens with zero attached hydrogens (tertiary/aromatic N) is 1. The number of halogens is 1. The molecule has 1 heterocycles. The summed E-state index contributed by atoms with van der Waals surface area (Å²) in [5.74, 6) is -0.0617. The number of likely N-dealkylation sites (tertiary alicyclic amines) is 1. The third kappa shape index (κ3) is 5.57. The number of carbonyl (C=O) groups is 2. The summed E-state index contributed by atoms with van der Waals surface area (Å²) in [6, 6.07) is -0.496. The molecule has 6 heteroatoms. The van der Waals surface area contributed by atoms with Gasteiger partial charge in [0.15, 0.2) is 0 Å². The first kappa shape index (κ1) is 17.1. The van der Waals surface area contributed by atoms with Crippen LogP contribution in [0.25, 0.3) is 0 Å². The van der Waals surface area contributed by atoms with Gasteiger partial charge in [-0.2, -0.15) is 0 Å². The number of unbranched alkanes of at least 4 members (excludes halogenated alkanes) is 3. The molecule has 0 radical (unpaired) electrons. The molecule has 0 aromatic heterocycles. The normalized spacial score (nSPS) is 18.1. The van der Waals surface area contributed by atoms with Crippen LogP contribution in [0.5, 0.6) is 0 Å². The lowest BCUT2D eigenvalue weighted by atomic mass is 10.2. The minimum Gasteiger partial charge on any atom is -0.464 e. The van der Waals surface area contributed by atoms with Gasteiger partial charge in [0.25, 0.3) is 0 Å². The predicted octanol–water partition coefficient (Wildman–Crippen LogP) is 2.95. The molecule has 0 N–H and O–H groups in total. The molecule has 1 atom stereocenters. The quantitative estimate of drug-likeness (QED) is 0.393. The highest BCUT2D eigenvalue weighted by Crippen LogP contribution is 2.19. The van der Waals surface area contributed by atoms with E-state index in [0.29, 0.717) is 19.6 Å². The zero-order chi connectivity index (χ0) is 14.8. The highest BCUT2D eigenvalue weighted by atomic mass is 35.5. The second-order valence-corrected chi connectivity index (χ2v) is 5.26. The summed E-state index contributed by atoms with van der Waals surface area (Å²) in [5, 5.41) is 0. The van der Waals surface area contributed by atoms with E-state index in [2.05, 4.69) is 6.92 Å². The van der Waals surface area contributed by atoms with Crippen LogP contribution in [0.4, 0.5) is 4.79 Å². The molecule has 1 amide bonds. The van der Waals surface area contributed by atoms with Gasteiger partial charge < -0.3 is 9.47 Å². The molecule has 1 saturated heterocycles. The maximum absolute atomic E-state index is 12.0. The van der Waals surface area contributed by atoms with Crippen molar-refractivity contribution in [3.05, 3.63) is 0 Å². The molecular formula is C14H24ClNO4. The van der Waals surface area contributed by atoms with Crippen LogP contribution < -0.4 is 0 Å². The van der Waals surface area contributed by atoms with Crippen molar-refractivity contribution in [3.8, 4) is 0 Å². The highest BCUT2D eigenvalue weighted by molar-refractivity contribution is 6.18. The summed E-state index contributed by atoms with van der Waals surface area (Å²) in [7, 11) is 0. The van der Waals surface area contributed by atoms with Gasteiger partial charge in [-0.1, -0.05) is 26.2 Å². The summed E-state index contributed by atoms with van der Waals surface area (Å²) >= 11 is 5.47. The molecule has 116 valence electrons. The molecule has 1 fully saturated rings. The van der Waals surface area contributed by atoms with E-state index in [9.17, 15) is 9.59 Å². The Balaban J connectivity index is 2.32. The summed E-state index contributed by atoms with van der Waals surface area (Å²) in [6.45, 7) is 3.27. The third-order valence-electron chi connectivity index (χ3n) is 3.30. The first-order valence-corrected chi connectivity index (χ1v) is 7.90. The van der Waals surface area contributed by atoms with Crippen molar-refractivity contribution >= 4 is 23.7 Å². The lowest BCUT2D eigenvalue weighted by Gasteiger charge is -2.22. The zero-order valence-corrected chi connectivity index (χ0v) is 12.9. The number of hydrogen-bond acceptors (Lipinski definition) is 4.